The van der Waals surface area contributed by atoms with Crippen LogP contribution in [0.15, 0.2) is 18.2 Å². The van der Waals surface area contributed by atoms with Gasteiger partial charge in [-0.25, -0.2) is 4.39 Å². The van der Waals surface area contributed by atoms with Gasteiger partial charge in [0, 0.05) is 7.11 Å². The van der Waals surface area contributed by atoms with E-state index in [1.807, 2.05) is 0 Å². The molecule has 1 atom stereocenters. The zero-order valence-electron chi connectivity index (χ0n) is 10.4. The van der Waals surface area contributed by atoms with Crippen molar-refractivity contribution < 1.29 is 18.7 Å². The number of carbonyl (C=O) groups excluding carboxylic acids is 1. The predicted molar refractivity (Wildman–Crippen MR) is 66.7 cm³/mol. The van der Waals surface area contributed by atoms with Crippen LogP contribution in [0.2, 0.25) is 0 Å². The van der Waals surface area contributed by atoms with Gasteiger partial charge in [-0.15, -0.1) is 0 Å². The monoisotopic (exact) mass is 256 g/mol. The molecule has 0 aliphatic heterocycles. The van der Waals surface area contributed by atoms with Gasteiger partial charge in [-0.05, 0) is 25.1 Å². The summed E-state index contributed by atoms with van der Waals surface area (Å²) >= 11 is 0. The molecule has 0 aliphatic rings. The Balaban J connectivity index is 2.53. The molecule has 1 unspecified atom stereocenters. The van der Waals surface area contributed by atoms with Crippen molar-refractivity contribution in [1.82, 2.24) is 0 Å². The lowest BCUT2D eigenvalue weighted by molar-refractivity contribution is -0.127. The Bertz CT molecular complexity index is 412. The number of halogens is 1. The summed E-state index contributed by atoms with van der Waals surface area (Å²) in [6, 6.07) is 3.78. The molecule has 0 radical (unpaired) electrons. The fraction of sp³-hybridized carbons (Fsp3) is 0.417. The first-order valence-electron chi connectivity index (χ1n) is 5.51. The van der Waals surface area contributed by atoms with Gasteiger partial charge < -0.3 is 20.5 Å². The van der Waals surface area contributed by atoms with Crippen LogP contribution in [-0.2, 0) is 14.3 Å². The molecule has 3 N–H and O–H groups in total. The predicted octanol–water partition coefficient (Wildman–Crippen LogP) is 1.40. The van der Waals surface area contributed by atoms with Crippen molar-refractivity contribution in [2.75, 3.05) is 31.4 Å². The third-order valence-corrected chi connectivity index (χ3v) is 2.30. The van der Waals surface area contributed by atoms with Crippen molar-refractivity contribution in [3.8, 4) is 0 Å². The highest BCUT2D eigenvalue weighted by Gasteiger charge is 2.14. The lowest BCUT2D eigenvalue weighted by Crippen LogP contribution is -2.29. The molecule has 0 saturated heterocycles. The number of methoxy groups -OCH3 is 1. The fourth-order valence-electron chi connectivity index (χ4n) is 1.27. The fourth-order valence-corrected chi connectivity index (χ4v) is 1.27. The maximum Gasteiger partial charge on any atom is 0.253 e. The van der Waals surface area contributed by atoms with E-state index in [0.717, 1.165) is 6.07 Å². The van der Waals surface area contributed by atoms with Crippen molar-refractivity contribution in [1.29, 1.82) is 0 Å². The van der Waals surface area contributed by atoms with E-state index in [4.69, 9.17) is 15.2 Å². The van der Waals surface area contributed by atoms with E-state index in [9.17, 15) is 9.18 Å². The van der Waals surface area contributed by atoms with Gasteiger partial charge in [0.05, 0.1) is 24.6 Å². The average Bonchev–Trinajstić information content (AvgIpc) is 2.32. The van der Waals surface area contributed by atoms with Gasteiger partial charge in [-0.3, -0.25) is 4.79 Å². The summed E-state index contributed by atoms with van der Waals surface area (Å²) in [6.45, 7) is 2.35. The number of nitrogen functional groups attached to an aromatic ring is 1. The second-order valence-corrected chi connectivity index (χ2v) is 3.73. The van der Waals surface area contributed by atoms with E-state index in [2.05, 4.69) is 5.32 Å². The molecule has 1 rings (SSSR count). The van der Waals surface area contributed by atoms with Gasteiger partial charge >= 0.3 is 0 Å². The summed E-state index contributed by atoms with van der Waals surface area (Å²) in [5, 5.41) is 2.57. The highest BCUT2D eigenvalue weighted by Crippen LogP contribution is 2.19. The van der Waals surface area contributed by atoms with Crippen molar-refractivity contribution in [3.63, 3.8) is 0 Å². The smallest absolute Gasteiger partial charge is 0.253 e. The first-order chi connectivity index (χ1) is 8.54. The van der Waals surface area contributed by atoms with E-state index in [-0.39, 0.29) is 11.6 Å². The minimum absolute atomic E-state index is 0.174. The normalized spacial score (nSPS) is 12.2. The molecule has 6 heteroatoms. The van der Waals surface area contributed by atoms with Crippen molar-refractivity contribution >= 4 is 17.3 Å². The highest BCUT2D eigenvalue weighted by atomic mass is 19.1. The number of hydrogen-bond acceptors (Lipinski definition) is 4. The Morgan fingerprint density at radius 1 is 1.50 bits per heavy atom. The third kappa shape index (κ3) is 4.31. The Labute approximate surface area is 105 Å². The number of ether oxygens (including phenoxy) is 2. The molecule has 0 fully saturated rings. The summed E-state index contributed by atoms with van der Waals surface area (Å²) in [6.07, 6.45) is -0.635. The molecule has 100 valence electrons. The summed E-state index contributed by atoms with van der Waals surface area (Å²) in [5.74, 6) is -0.792. The Hall–Kier alpha value is -1.66. The van der Waals surface area contributed by atoms with E-state index in [0.29, 0.717) is 18.9 Å². The van der Waals surface area contributed by atoms with E-state index in [1.165, 1.54) is 12.1 Å². The number of nitrogens with two attached hydrogens (primary N) is 1. The second kappa shape index (κ2) is 6.93. The molecule has 1 amide bonds. The number of amides is 1. The quantitative estimate of drug-likeness (QED) is 0.596. The summed E-state index contributed by atoms with van der Waals surface area (Å²) in [5.41, 5.74) is 6.11. The summed E-state index contributed by atoms with van der Waals surface area (Å²) in [7, 11) is 1.55. The van der Waals surface area contributed by atoms with Crippen molar-refractivity contribution in [3.05, 3.63) is 24.0 Å². The topological polar surface area (TPSA) is 73.6 Å². The zero-order chi connectivity index (χ0) is 13.5. The van der Waals surface area contributed by atoms with Crippen LogP contribution < -0.4 is 11.1 Å². The molecule has 18 heavy (non-hydrogen) atoms. The van der Waals surface area contributed by atoms with Crippen LogP contribution in [0.3, 0.4) is 0 Å². The first kappa shape index (κ1) is 14.4. The number of benzene rings is 1. The van der Waals surface area contributed by atoms with E-state index >= 15 is 0 Å². The standard InChI is InChI=1S/C12H17FN2O3/c1-8(18-6-5-17-2)12(16)15-11-4-3-9(13)7-10(11)14/h3-4,7-8H,5-6,14H2,1-2H3,(H,15,16). The van der Waals surface area contributed by atoms with Gasteiger partial charge in [0.1, 0.15) is 11.9 Å². The Kier molecular flexibility index (Phi) is 5.54. The van der Waals surface area contributed by atoms with Crippen molar-refractivity contribution in [2.45, 2.75) is 13.0 Å². The molecule has 0 heterocycles. The van der Waals surface area contributed by atoms with Crippen LogP contribution in [-0.4, -0.2) is 32.3 Å². The molecule has 0 spiro atoms. The van der Waals surface area contributed by atoms with Gasteiger partial charge in [0.2, 0.25) is 0 Å². The summed E-state index contributed by atoms with van der Waals surface area (Å²) < 4.78 is 22.8. The van der Waals surface area contributed by atoms with Crippen LogP contribution >= 0.6 is 0 Å². The zero-order valence-corrected chi connectivity index (χ0v) is 10.4. The molecule has 0 bridgehead atoms. The van der Waals surface area contributed by atoms with Gasteiger partial charge in [-0.1, -0.05) is 0 Å². The lowest BCUT2D eigenvalue weighted by atomic mass is 10.2. The molecule has 0 aromatic heterocycles. The maximum atomic E-state index is 12.8. The SMILES string of the molecule is COCCOC(C)C(=O)Nc1ccc(F)cc1N. The number of carbonyl (C=O) groups is 1. The Morgan fingerprint density at radius 2 is 2.22 bits per heavy atom. The molecule has 1 aromatic carbocycles. The third-order valence-electron chi connectivity index (χ3n) is 2.30. The molecule has 5 nitrogen and oxygen atoms in total. The van der Waals surface area contributed by atoms with Crippen LogP contribution in [0.5, 0.6) is 0 Å². The molecule has 0 saturated carbocycles. The second-order valence-electron chi connectivity index (χ2n) is 3.73. The number of nitrogens with one attached hydrogen (secondary N) is 1. The van der Waals surface area contributed by atoms with Crippen LogP contribution in [0.1, 0.15) is 6.92 Å². The number of hydrogen-bond donors (Lipinski definition) is 2. The van der Waals surface area contributed by atoms with Gasteiger partial charge in [0.25, 0.3) is 5.91 Å². The van der Waals surface area contributed by atoms with E-state index in [1.54, 1.807) is 14.0 Å². The highest BCUT2D eigenvalue weighted by molar-refractivity contribution is 5.96. The van der Waals surface area contributed by atoms with Crippen LogP contribution in [0, 0.1) is 5.82 Å². The maximum absolute atomic E-state index is 12.8. The van der Waals surface area contributed by atoms with Crippen LogP contribution in [0.25, 0.3) is 0 Å². The largest absolute Gasteiger partial charge is 0.397 e. The van der Waals surface area contributed by atoms with Crippen molar-refractivity contribution in [2.24, 2.45) is 0 Å². The van der Waals surface area contributed by atoms with E-state index < -0.39 is 11.9 Å². The first-order valence-corrected chi connectivity index (χ1v) is 5.51. The number of anilines is 2. The minimum Gasteiger partial charge on any atom is -0.397 e. The lowest BCUT2D eigenvalue weighted by Gasteiger charge is -2.14. The molecular weight excluding hydrogens is 239 g/mol. The summed E-state index contributed by atoms with van der Waals surface area (Å²) in [4.78, 5) is 11.7. The molecular formula is C12H17FN2O3. The number of rotatable bonds is 6. The molecule has 1 aromatic rings. The van der Waals surface area contributed by atoms with Gasteiger partial charge in [-0.2, -0.15) is 0 Å². The van der Waals surface area contributed by atoms with Crippen LogP contribution in [0.4, 0.5) is 15.8 Å². The molecule has 0 aliphatic carbocycles. The Morgan fingerprint density at radius 3 is 2.83 bits per heavy atom. The average molecular weight is 256 g/mol. The minimum atomic E-state index is -0.635. The van der Waals surface area contributed by atoms with Gasteiger partial charge in [0.15, 0.2) is 0 Å².